The molecule has 0 N–H and O–H groups in total. The molecule has 5 heteroatoms. The van der Waals surface area contributed by atoms with Crippen LogP contribution < -0.4 is 0 Å². The minimum atomic E-state index is -3.07. The fraction of sp³-hybridized carbons (Fsp3) is 0.409. The molecule has 144 valence electrons. The van der Waals surface area contributed by atoms with Gasteiger partial charge in [-0.1, -0.05) is 55.8 Å². The molecule has 1 aliphatic heterocycles. The van der Waals surface area contributed by atoms with Crippen molar-refractivity contribution in [2.24, 2.45) is 0 Å². The molecule has 27 heavy (non-hydrogen) atoms. The second kappa shape index (κ2) is 7.85. The Kier molecular flexibility index (Phi) is 5.70. The van der Waals surface area contributed by atoms with Crippen LogP contribution >= 0.6 is 0 Å². The number of nitrogens with zero attached hydrogens (tertiary/aromatic N) is 1. The summed E-state index contributed by atoms with van der Waals surface area (Å²) >= 11 is 0. The smallest absolute Gasteiger partial charge is 0.254 e. The Bertz CT molecular complexity index is 900. The van der Waals surface area contributed by atoms with Crippen molar-refractivity contribution in [3.05, 3.63) is 70.8 Å². The van der Waals surface area contributed by atoms with E-state index in [9.17, 15) is 13.2 Å². The van der Waals surface area contributed by atoms with Gasteiger partial charge in [0, 0.05) is 18.2 Å². The van der Waals surface area contributed by atoms with Crippen LogP contribution in [-0.4, -0.2) is 36.8 Å². The topological polar surface area (TPSA) is 54.5 Å². The molecule has 1 aliphatic rings. The molecular formula is C22H27NO3S. The molecule has 1 amide bonds. The Balaban J connectivity index is 1.87. The van der Waals surface area contributed by atoms with Crippen LogP contribution in [0.5, 0.6) is 0 Å². The quantitative estimate of drug-likeness (QED) is 0.783. The normalized spacial score (nSPS) is 18.6. The number of aryl methyl sites for hydroxylation is 1. The van der Waals surface area contributed by atoms with Gasteiger partial charge in [0.05, 0.1) is 11.5 Å². The van der Waals surface area contributed by atoms with Gasteiger partial charge in [-0.05, 0) is 42.5 Å². The van der Waals surface area contributed by atoms with E-state index in [4.69, 9.17) is 0 Å². The van der Waals surface area contributed by atoms with Crippen LogP contribution in [0, 0.1) is 6.92 Å². The van der Waals surface area contributed by atoms with Gasteiger partial charge in [0.25, 0.3) is 5.91 Å². The van der Waals surface area contributed by atoms with Gasteiger partial charge in [0.1, 0.15) is 0 Å². The molecule has 1 fully saturated rings. The third kappa shape index (κ3) is 4.78. The predicted octanol–water partition coefficient (Wildman–Crippen LogP) is 3.95. The summed E-state index contributed by atoms with van der Waals surface area (Å²) < 4.78 is 24.0. The Morgan fingerprint density at radius 3 is 2.22 bits per heavy atom. The summed E-state index contributed by atoms with van der Waals surface area (Å²) in [6.45, 7) is 6.69. The molecule has 0 aromatic heterocycles. The van der Waals surface area contributed by atoms with Crippen LogP contribution in [-0.2, 0) is 16.4 Å². The number of benzene rings is 2. The highest BCUT2D eigenvalue weighted by atomic mass is 32.2. The molecule has 0 saturated carbocycles. The highest BCUT2D eigenvalue weighted by Crippen LogP contribution is 2.23. The Morgan fingerprint density at radius 1 is 1.07 bits per heavy atom. The van der Waals surface area contributed by atoms with Gasteiger partial charge < -0.3 is 4.90 Å². The molecule has 2 aromatic rings. The van der Waals surface area contributed by atoms with Crippen molar-refractivity contribution in [2.45, 2.75) is 45.7 Å². The van der Waals surface area contributed by atoms with Crippen LogP contribution in [0.15, 0.2) is 48.5 Å². The van der Waals surface area contributed by atoms with E-state index in [1.165, 1.54) is 5.56 Å². The molecule has 0 spiro atoms. The first-order valence-corrected chi connectivity index (χ1v) is 11.2. The van der Waals surface area contributed by atoms with Crippen LogP contribution in [0.1, 0.15) is 53.2 Å². The number of carbonyl (C=O) groups is 1. The van der Waals surface area contributed by atoms with Gasteiger partial charge in [0.2, 0.25) is 0 Å². The van der Waals surface area contributed by atoms with E-state index < -0.39 is 9.84 Å². The van der Waals surface area contributed by atoms with Crippen molar-refractivity contribution < 1.29 is 13.2 Å². The van der Waals surface area contributed by atoms with Crippen molar-refractivity contribution in [1.82, 2.24) is 4.90 Å². The number of hydrogen-bond donors (Lipinski definition) is 0. The minimum Gasteiger partial charge on any atom is -0.330 e. The maximum Gasteiger partial charge on any atom is 0.254 e. The number of amides is 1. The molecule has 1 atom stereocenters. The molecule has 0 aliphatic carbocycles. The summed E-state index contributed by atoms with van der Waals surface area (Å²) in [5, 5.41) is 0. The van der Waals surface area contributed by atoms with E-state index in [2.05, 4.69) is 26.0 Å². The average Bonchev–Trinajstić information content (AvgIpc) is 2.99. The zero-order valence-corrected chi connectivity index (χ0v) is 17.0. The Morgan fingerprint density at radius 2 is 1.70 bits per heavy atom. The molecule has 0 bridgehead atoms. The second-order valence-corrected chi connectivity index (χ2v) is 9.98. The van der Waals surface area contributed by atoms with Crippen LogP contribution in [0.25, 0.3) is 0 Å². The van der Waals surface area contributed by atoms with Crippen LogP contribution in [0.2, 0.25) is 0 Å². The summed E-state index contributed by atoms with van der Waals surface area (Å²) in [5.74, 6) is 0.547. The van der Waals surface area contributed by atoms with Gasteiger partial charge in [-0.3, -0.25) is 4.79 Å². The van der Waals surface area contributed by atoms with E-state index in [1.54, 1.807) is 4.90 Å². The van der Waals surface area contributed by atoms with Crippen LogP contribution in [0.4, 0.5) is 0 Å². The summed E-state index contributed by atoms with van der Waals surface area (Å²) in [7, 11) is -3.07. The van der Waals surface area contributed by atoms with Gasteiger partial charge in [-0.25, -0.2) is 8.42 Å². The molecule has 0 unspecified atom stereocenters. The third-order valence-corrected chi connectivity index (χ3v) is 6.96. The monoisotopic (exact) mass is 385 g/mol. The Labute approximate surface area is 162 Å². The van der Waals surface area contributed by atoms with Crippen molar-refractivity contribution in [2.75, 3.05) is 11.5 Å². The van der Waals surface area contributed by atoms with E-state index in [1.807, 2.05) is 43.3 Å². The summed E-state index contributed by atoms with van der Waals surface area (Å²) in [4.78, 5) is 14.9. The van der Waals surface area contributed by atoms with E-state index >= 15 is 0 Å². The molecule has 4 nitrogen and oxygen atoms in total. The van der Waals surface area contributed by atoms with Gasteiger partial charge in [-0.2, -0.15) is 0 Å². The average molecular weight is 386 g/mol. The fourth-order valence-corrected chi connectivity index (χ4v) is 5.19. The van der Waals surface area contributed by atoms with E-state index in [0.29, 0.717) is 24.4 Å². The lowest BCUT2D eigenvalue weighted by Gasteiger charge is -2.29. The fourth-order valence-electron chi connectivity index (χ4n) is 3.45. The number of sulfone groups is 1. The summed E-state index contributed by atoms with van der Waals surface area (Å²) in [5.41, 5.74) is 3.96. The molecule has 1 heterocycles. The maximum absolute atomic E-state index is 13.2. The highest BCUT2D eigenvalue weighted by molar-refractivity contribution is 7.91. The van der Waals surface area contributed by atoms with E-state index in [0.717, 1.165) is 11.1 Å². The van der Waals surface area contributed by atoms with Crippen LogP contribution in [0.3, 0.4) is 0 Å². The summed E-state index contributed by atoms with van der Waals surface area (Å²) in [6.07, 6.45) is 0.504. The van der Waals surface area contributed by atoms with E-state index in [-0.39, 0.29) is 23.5 Å². The van der Waals surface area contributed by atoms with Gasteiger partial charge >= 0.3 is 0 Å². The first-order valence-electron chi connectivity index (χ1n) is 9.42. The van der Waals surface area contributed by atoms with Crippen molar-refractivity contribution in [1.29, 1.82) is 0 Å². The Hall–Kier alpha value is -2.14. The molecule has 2 aromatic carbocycles. The zero-order valence-electron chi connectivity index (χ0n) is 16.2. The largest absolute Gasteiger partial charge is 0.330 e. The lowest BCUT2D eigenvalue weighted by atomic mass is 10.0. The van der Waals surface area contributed by atoms with Gasteiger partial charge in [0.15, 0.2) is 9.84 Å². The maximum atomic E-state index is 13.2. The highest BCUT2D eigenvalue weighted by Gasteiger charge is 2.35. The zero-order chi connectivity index (χ0) is 19.6. The second-order valence-electron chi connectivity index (χ2n) is 7.75. The summed E-state index contributed by atoms with van der Waals surface area (Å²) in [6, 6.07) is 15.4. The first kappa shape index (κ1) is 19.6. The number of rotatable bonds is 5. The first-order chi connectivity index (χ1) is 12.7. The molecule has 1 saturated heterocycles. The van der Waals surface area contributed by atoms with Crippen molar-refractivity contribution in [3.8, 4) is 0 Å². The number of hydrogen-bond acceptors (Lipinski definition) is 3. The SMILES string of the molecule is Cc1ccc(C(=O)N(Cc2ccc(C(C)C)cc2)[C@H]2CCS(=O)(=O)C2)cc1. The predicted molar refractivity (Wildman–Crippen MR) is 109 cm³/mol. The molecule has 3 rings (SSSR count). The lowest BCUT2D eigenvalue weighted by molar-refractivity contribution is 0.0681. The minimum absolute atomic E-state index is 0.0503. The number of carbonyl (C=O) groups excluding carboxylic acids is 1. The molecular weight excluding hydrogens is 358 g/mol. The standard InChI is InChI=1S/C22H27NO3S/c1-16(2)19-10-6-18(7-11-19)14-23(21-12-13-27(25,26)15-21)22(24)20-8-4-17(3)5-9-20/h4-11,16,21H,12-15H2,1-3H3/t21-/m0/s1. The third-order valence-electron chi connectivity index (χ3n) is 5.21. The molecule has 0 radical (unpaired) electrons. The van der Waals surface area contributed by atoms with Gasteiger partial charge in [-0.15, -0.1) is 0 Å². The van der Waals surface area contributed by atoms with Crippen molar-refractivity contribution >= 4 is 15.7 Å². The lowest BCUT2D eigenvalue weighted by Crippen LogP contribution is -2.40. The van der Waals surface area contributed by atoms with Crippen molar-refractivity contribution in [3.63, 3.8) is 0 Å².